The van der Waals surface area contributed by atoms with Gasteiger partial charge in [0.25, 0.3) is 11.8 Å². The van der Waals surface area contributed by atoms with Crippen LogP contribution in [-0.2, 0) is 0 Å². The smallest absolute Gasteiger partial charge is 0.493 e. The minimum Gasteiger partial charge on any atom is -0.493 e. The zero-order valence-corrected chi connectivity index (χ0v) is 17.8. The predicted molar refractivity (Wildman–Crippen MR) is 109 cm³/mol. The lowest BCUT2D eigenvalue weighted by Gasteiger charge is -2.16. The highest BCUT2D eigenvalue weighted by Crippen LogP contribution is 2.38. The van der Waals surface area contributed by atoms with E-state index in [-0.39, 0.29) is 5.69 Å². The highest BCUT2D eigenvalue weighted by Gasteiger charge is 2.32. The zero-order chi connectivity index (χ0) is 26.8. The SMILES string of the molecule is COc1cc(OC(F)(F)F)ccc1Oc1cc(F)c(F)c(F)c1C(=O)Nc1ccc(F)c(C(N)=O)c1. The Balaban J connectivity index is 2.01. The van der Waals surface area contributed by atoms with Crippen LogP contribution in [0, 0.1) is 23.3 Å². The van der Waals surface area contributed by atoms with Crippen molar-refractivity contribution in [2.24, 2.45) is 5.73 Å². The second kappa shape index (κ2) is 10.0. The van der Waals surface area contributed by atoms with E-state index >= 15 is 0 Å². The topological polar surface area (TPSA) is 99.9 Å². The molecule has 0 aliphatic heterocycles. The van der Waals surface area contributed by atoms with Crippen LogP contribution in [0.15, 0.2) is 42.5 Å². The van der Waals surface area contributed by atoms with Crippen molar-refractivity contribution < 1.29 is 54.5 Å². The van der Waals surface area contributed by atoms with Crippen LogP contribution in [0.2, 0.25) is 0 Å². The van der Waals surface area contributed by atoms with Crippen molar-refractivity contribution in [3.05, 3.63) is 76.9 Å². The highest BCUT2D eigenvalue weighted by atomic mass is 19.4. The summed E-state index contributed by atoms with van der Waals surface area (Å²) in [5, 5.41) is 2.06. The van der Waals surface area contributed by atoms with Crippen molar-refractivity contribution in [3.63, 3.8) is 0 Å². The molecule has 0 atom stereocenters. The number of rotatable bonds is 7. The van der Waals surface area contributed by atoms with Gasteiger partial charge in [-0.05, 0) is 30.3 Å². The summed E-state index contributed by atoms with van der Waals surface area (Å²) in [7, 11) is 1.03. The molecule has 3 aromatic carbocycles. The fourth-order valence-corrected chi connectivity index (χ4v) is 2.90. The van der Waals surface area contributed by atoms with Gasteiger partial charge in [0.1, 0.15) is 22.9 Å². The van der Waals surface area contributed by atoms with E-state index in [4.69, 9.17) is 15.2 Å². The number of alkyl halides is 3. The number of methoxy groups -OCH3 is 1. The number of hydrogen-bond donors (Lipinski definition) is 2. The van der Waals surface area contributed by atoms with Gasteiger partial charge in [-0.3, -0.25) is 9.59 Å². The molecule has 190 valence electrons. The quantitative estimate of drug-likeness (QED) is 0.327. The molecule has 0 unspecified atom stereocenters. The average molecular weight is 518 g/mol. The van der Waals surface area contributed by atoms with Crippen molar-refractivity contribution in [2.45, 2.75) is 6.36 Å². The van der Waals surface area contributed by atoms with Crippen LogP contribution in [0.3, 0.4) is 0 Å². The summed E-state index contributed by atoms with van der Waals surface area (Å²) in [5.41, 5.74) is 2.96. The summed E-state index contributed by atoms with van der Waals surface area (Å²) in [6.07, 6.45) is -5.03. The Morgan fingerprint density at radius 3 is 2.17 bits per heavy atom. The van der Waals surface area contributed by atoms with Crippen LogP contribution >= 0.6 is 0 Å². The second-order valence-electron chi connectivity index (χ2n) is 6.84. The van der Waals surface area contributed by atoms with E-state index in [1.807, 2.05) is 0 Å². The molecule has 0 aliphatic rings. The van der Waals surface area contributed by atoms with Gasteiger partial charge in [0, 0.05) is 17.8 Å². The molecule has 0 saturated carbocycles. The van der Waals surface area contributed by atoms with Gasteiger partial charge in [-0.1, -0.05) is 0 Å². The van der Waals surface area contributed by atoms with Crippen LogP contribution in [0.1, 0.15) is 20.7 Å². The fraction of sp³-hybridized carbons (Fsp3) is 0.0909. The molecule has 0 bridgehead atoms. The van der Waals surface area contributed by atoms with Crippen molar-refractivity contribution in [1.82, 2.24) is 0 Å². The van der Waals surface area contributed by atoms with Crippen LogP contribution in [-0.4, -0.2) is 25.3 Å². The number of halogens is 7. The summed E-state index contributed by atoms with van der Waals surface area (Å²) >= 11 is 0. The Morgan fingerprint density at radius 2 is 1.56 bits per heavy atom. The van der Waals surface area contributed by atoms with Crippen LogP contribution in [0.25, 0.3) is 0 Å². The number of nitrogens with one attached hydrogen (secondary N) is 1. The maximum absolute atomic E-state index is 14.6. The summed E-state index contributed by atoms with van der Waals surface area (Å²) in [5.74, 6) is -11.8. The first-order chi connectivity index (χ1) is 16.8. The molecule has 3 N–H and O–H groups in total. The van der Waals surface area contributed by atoms with Gasteiger partial charge in [0.15, 0.2) is 29.0 Å². The van der Waals surface area contributed by atoms with Gasteiger partial charge in [0.2, 0.25) is 0 Å². The minimum absolute atomic E-state index is 0.267. The van der Waals surface area contributed by atoms with Gasteiger partial charge < -0.3 is 25.3 Å². The molecule has 0 fully saturated rings. The summed E-state index contributed by atoms with van der Waals surface area (Å²) in [6, 6.07) is 5.26. The predicted octanol–water partition coefficient (Wildman–Crippen LogP) is 5.29. The zero-order valence-electron chi connectivity index (χ0n) is 17.8. The third-order valence-corrected chi connectivity index (χ3v) is 4.43. The molecule has 0 saturated heterocycles. The Bertz CT molecular complexity index is 1350. The summed E-state index contributed by atoms with van der Waals surface area (Å²) < 4.78 is 107. The van der Waals surface area contributed by atoms with Gasteiger partial charge in [0.05, 0.1) is 12.7 Å². The lowest BCUT2D eigenvalue weighted by Crippen LogP contribution is -2.18. The van der Waals surface area contributed by atoms with Crippen molar-refractivity contribution in [1.29, 1.82) is 0 Å². The van der Waals surface area contributed by atoms with Gasteiger partial charge in [-0.15, -0.1) is 13.2 Å². The Hall–Kier alpha value is -4.49. The van der Waals surface area contributed by atoms with Crippen LogP contribution < -0.4 is 25.3 Å². The molecule has 36 heavy (non-hydrogen) atoms. The van der Waals surface area contributed by atoms with E-state index in [0.29, 0.717) is 6.07 Å². The lowest BCUT2D eigenvalue weighted by molar-refractivity contribution is -0.274. The molecule has 14 heteroatoms. The molecule has 3 rings (SSSR count). The molecule has 0 aliphatic carbocycles. The Morgan fingerprint density at radius 1 is 0.861 bits per heavy atom. The number of amides is 2. The molecule has 3 aromatic rings. The number of ether oxygens (including phenoxy) is 3. The molecule has 2 amide bonds. The maximum Gasteiger partial charge on any atom is 0.573 e. The van der Waals surface area contributed by atoms with E-state index in [9.17, 15) is 40.3 Å². The number of primary amides is 1. The van der Waals surface area contributed by atoms with Crippen LogP contribution in [0.5, 0.6) is 23.0 Å². The number of anilines is 1. The molecule has 7 nitrogen and oxygen atoms in total. The van der Waals surface area contributed by atoms with Crippen molar-refractivity contribution >= 4 is 17.5 Å². The molecular formula is C22H13F7N2O5. The second-order valence-corrected chi connectivity index (χ2v) is 6.84. The number of nitrogens with two attached hydrogens (primary N) is 1. The minimum atomic E-state index is -5.03. The van der Waals surface area contributed by atoms with Gasteiger partial charge >= 0.3 is 6.36 Å². The number of hydrogen-bond acceptors (Lipinski definition) is 5. The Labute approximate surface area is 197 Å². The van der Waals surface area contributed by atoms with Crippen molar-refractivity contribution in [2.75, 3.05) is 12.4 Å². The molecule has 0 aromatic heterocycles. The van der Waals surface area contributed by atoms with Crippen molar-refractivity contribution in [3.8, 4) is 23.0 Å². The lowest BCUT2D eigenvalue weighted by atomic mass is 10.1. The van der Waals surface area contributed by atoms with E-state index < -0.39 is 75.6 Å². The van der Waals surface area contributed by atoms with Gasteiger partial charge in [-0.25, -0.2) is 17.6 Å². The third-order valence-electron chi connectivity index (χ3n) is 4.43. The monoisotopic (exact) mass is 518 g/mol. The van der Waals surface area contributed by atoms with E-state index in [0.717, 1.165) is 43.5 Å². The molecule has 0 heterocycles. The summed E-state index contributed by atoms with van der Waals surface area (Å²) in [6.45, 7) is 0. The standard InChI is InChI=1S/C22H13F7N2O5/c1-34-15-7-10(36-22(27,28)29)3-5-14(15)35-16-8-13(24)18(25)19(26)17(16)21(33)31-9-2-4-12(23)11(6-9)20(30)32/h2-8H,1H3,(H2,30,32)(H,31,33). The molecule has 0 spiro atoms. The van der Waals surface area contributed by atoms with E-state index in [1.54, 1.807) is 0 Å². The molecular weight excluding hydrogens is 505 g/mol. The third kappa shape index (κ3) is 5.76. The molecule has 0 radical (unpaired) electrons. The largest absolute Gasteiger partial charge is 0.573 e. The first kappa shape index (κ1) is 26.1. The highest BCUT2D eigenvalue weighted by molar-refractivity contribution is 6.07. The normalized spacial score (nSPS) is 11.1. The fourth-order valence-electron chi connectivity index (χ4n) is 2.90. The maximum atomic E-state index is 14.6. The number of benzene rings is 3. The first-order valence-corrected chi connectivity index (χ1v) is 9.50. The average Bonchev–Trinajstić information content (AvgIpc) is 2.78. The van der Waals surface area contributed by atoms with E-state index in [2.05, 4.69) is 10.1 Å². The number of carbonyl (C=O) groups is 2. The number of carbonyl (C=O) groups excluding carboxylic acids is 2. The first-order valence-electron chi connectivity index (χ1n) is 9.50. The summed E-state index contributed by atoms with van der Waals surface area (Å²) in [4.78, 5) is 24.0. The Kier molecular flexibility index (Phi) is 7.27. The van der Waals surface area contributed by atoms with E-state index in [1.165, 1.54) is 0 Å². The van der Waals surface area contributed by atoms with Crippen LogP contribution in [0.4, 0.5) is 36.4 Å². The van der Waals surface area contributed by atoms with Gasteiger partial charge in [-0.2, -0.15) is 0 Å².